The molecule has 5 heteroatoms. The van der Waals surface area contributed by atoms with Crippen molar-refractivity contribution in [3.8, 4) is 5.69 Å². The SMILES string of the molecule is COC(=O)c1cc(C2CC2)nc2c1c(C1CC1)nn2-c1ccccc1. The number of ether oxygens (including phenoxy) is 1. The van der Waals surface area contributed by atoms with Crippen LogP contribution in [-0.2, 0) is 4.74 Å². The van der Waals surface area contributed by atoms with E-state index in [1.54, 1.807) is 0 Å². The van der Waals surface area contributed by atoms with Gasteiger partial charge < -0.3 is 4.74 Å². The Morgan fingerprint density at radius 2 is 1.84 bits per heavy atom. The highest BCUT2D eigenvalue weighted by Gasteiger charge is 2.34. The molecule has 0 unspecified atom stereocenters. The molecule has 5 nitrogen and oxygen atoms in total. The summed E-state index contributed by atoms with van der Waals surface area (Å²) in [6.07, 6.45) is 4.50. The molecular weight excluding hydrogens is 314 g/mol. The molecule has 126 valence electrons. The lowest BCUT2D eigenvalue weighted by Gasteiger charge is -2.07. The number of fused-ring (bicyclic) bond motifs is 1. The maximum absolute atomic E-state index is 12.5. The van der Waals surface area contributed by atoms with Crippen LogP contribution in [0.2, 0.25) is 0 Å². The van der Waals surface area contributed by atoms with Crippen molar-refractivity contribution in [3.05, 3.63) is 53.3 Å². The fourth-order valence-corrected chi connectivity index (χ4v) is 3.41. The highest BCUT2D eigenvalue weighted by Crippen LogP contribution is 2.45. The van der Waals surface area contributed by atoms with Crippen LogP contribution in [0.1, 0.15) is 59.3 Å². The van der Waals surface area contributed by atoms with Crippen molar-refractivity contribution in [1.82, 2.24) is 14.8 Å². The molecule has 25 heavy (non-hydrogen) atoms. The molecule has 2 heterocycles. The highest BCUT2D eigenvalue weighted by atomic mass is 16.5. The average Bonchev–Trinajstić information content (AvgIpc) is 3.57. The fourth-order valence-electron chi connectivity index (χ4n) is 3.41. The fraction of sp³-hybridized carbons (Fsp3) is 0.350. The van der Waals surface area contributed by atoms with Crippen LogP contribution in [0.3, 0.4) is 0 Å². The summed E-state index contributed by atoms with van der Waals surface area (Å²) in [6.45, 7) is 0. The van der Waals surface area contributed by atoms with Gasteiger partial charge in [-0.2, -0.15) is 5.10 Å². The summed E-state index contributed by atoms with van der Waals surface area (Å²) >= 11 is 0. The molecule has 0 spiro atoms. The normalized spacial score (nSPS) is 17.0. The summed E-state index contributed by atoms with van der Waals surface area (Å²) in [6, 6.07) is 11.9. The number of methoxy groups -OCH3 is 1. The van der Waals surface area contributed by atoms with E-state index in [1.807, 2.05) is 41.1 Å². The van der Waals surface area contributed by atoms with E-state index in [2.05, 4.69) is 0 Å². The second-order valence-corrected chi connectivity index (χ2v) is 6.97. The van der Waals surface area contributed by atoms with E-state index in [0.717, 1.165) is 53.8 Å². The zero-order valence-corrected chi connectivity index (χ0v) is 14.1. The van der Waals surface area contributed by atoms with Gasteiger partial charge in [0.05, 0.1) is 29.4 Å². The number of carbonyl (C=O) groups excluding carboxylic acids is 1. The lowest BCUT2D eigenvalue weighted by molar-refractivity contribution is 0.0602. The molecular formula is C20H19N3O2. The molecule has 2 aromatic heterocycles. The number of hydrogen-bond donors (Lipinski definition) is 0. The van der Waals surface area contributed by atoms with Crippen molar-refractivity contribution in [1.29, 1.82) is 0 Å². The minimum Gasteiger partial charge on any atom is -0.465 e. The molecule has 0 atom stereocenters. The van der Waals surface area contributed by atoms with Gasteiger partial charge in [-0.3, -0.25) is 0 Å². The molecule has 2 fully saturated rings. The summed E-state index contributed by atoms with van der Waals surface area (Å²) in [5.74, 6) is 0.574. The van der Waals surface area contributed by atoms with E-state index in [4.69, 9.17) is 14.8 Å². The maximum Gasteiger partial charge on any atom is 0.338 e. The molecule has 2 aliphatic carbocycles. The van der Waals surface area contributed by atoms with Crippen LogP contribution in [-0.4, -0.2) is 27.8 Å². The molecule has 2 saturated carbocycles. The van der Waals surface area contributed by atoms with Crippen LogP contribution in [0, 0.1) is 0 Å². The third-order valence-corrected chi connectivity index (χ3v) is 5.05. The van der Waals surface area contributed by atoms with Gasteiger partial charge in [-0.1, -0.05) is 18.2 Å². The van der Waals surface area contributed by atoms with E-state index >= 15 is 0 Å². The highest BCUT2D eigenvalue weighted by molar-refractivity contribution is 6.04. The Morgan fingerprint density at radius 3 is 2.48 bits per heavy atom. The van der Waals surface area contributed by atoms with Gasteiger partial charge in [0, 0.05) is 17.5 Å². The Labute approximate surface area is 145 Å². The minimum absolute atomic E-state index is 0.302. The number of carbonyl (C=O) groups is 1. The van der Waals surface area contributed by atoms with E-state index in [1.165, 1.54) is 7.11 Å². The van der Waals surface area contributed by atoms with Crippen molar-refractivity contribution >= 4 is 17.0 Å². The zero-order valence-electron chi connectivity index (χ0n) is 14.1. The number of esters is 1. The number of hydrogen-bond acceptors (Lipinski definition) is 4. The van der Waals surface area contributed by atoms with Crippen LogP contribution >= 0.6 is 0 Å². The van der Waals surface area contributed by atoms with E-state index in [-0.39, 0.29) is 5.97 Å². The summed E-state index contributed by atoms with van der Waals surface area (Å²) in [5.41, 5.74) is 4.31. The van der Waals surface area contributed by atoms with Crippen molar-refractivity contribution in [2.45, 2.75) is 37.5 Å². The van der Waals surface area contributed by atoms with Gasteiger partial charge in [0.2, 0.25) is 0 Å². The van der Waals surface area contributed by atoms with Crippen LogP contribution in [0.25, 0.3) is 16.7 Å². The summed E-state index contributed by atoms with van der Waals surface area (Å²) in [7, 11) is 1.43. The third kappa shape index (κ3) is 2.42. The van der Waals surface area contributed by atoms with Crippen LogP contribution in [0.5, 0.6) is 0 Å². The smallest absolute Gasteiger partial charge is 0.338 e. The molecule has 2 aliphatic rings. The number of pyridine rings is 1. The minimum atomic E-state index is -0.302. The Balaban J connectivity index is 1.83. The summed E-state index contributed by atoms with van der Waals surface area (Å²) in [4.78, 5) is 17.4. The molecule has 5 rings (SSSR count). The summed E-state index contributed by atoms with van der Waals surface area (Å²) < 4.78 is 6.96. The van der Waals surface area contributed by atoms with Crippen LogP contribution in [0.4, 0.5) is 0 Å². The Bertz CT molecular complexity index is 970. The van der Waals surface area contributed by atoms with Gasteiger partial charge >= 0.3 is 5.97 Å². The molecule has 0 radical (unpaired) electrons. The van der Waals surface area contributed by atoms with E-state index in [9.17, 15) is 4.79 Å². The van der Waals surface area contributed by atoms with Gasteiger partial charge in [-0.25, -0.2) is 14.5 Å². The van der Waals surface area contributed by atoms with Crippen LogP contribution in [0.15, 0.2) is 36.4 Å². The van der Waals surface area contributed by atoms with Gasteiger partial charge in [0.25, 0.3) is 0 Å². The van der Waals surface area contributed by atoms with Gasteiger partial charge in [0.15, 0.2) is 5.65 Å². The molecule has 0 aliphatic heterocycles. The van der Waals surface area contributed by atoms with Gasteiger partial charge in [-0.05, 0) is 43.9 Å². The Hall–Kier alpha value is -2.69. The Kier molecular flexibility index (Phi) is 3.17. The lowest BCUT2D eigenvalue weighted by Crippen LogP contribution is -2.06. The molecule has 0 saturated heterocycles. The molecule has 3 aromatic rings. The van der Waals surface area contributed by atoms with Gasteiger partial charge in [0.1, 0.15) is 0 Å². The number of benzene rings is 1. The second kappa shape index (κ2) is 5.41. The standard InChI is InChI=1S/C20H19N3O2/c1-25-20(24)15-11-16(12-7-8-12)21-19-17(15)18(13-9-10-13)22-23(19)14-5-3-2-4-6-14/h2-6,11-13H,7-10H2,1H3. The summed E-state index contributed by atoms with van der Waals surface area (Å²) in [5, 5.41) is 5.73. The third-order valence-electron chi connectivity index (χ3n) is 5.05. The van der Waals surface area contributed by atoms with Crippen LogP contribution < -0.4 is 0 Å². The maximum atomic E-state index is 12.5. The molecule has 1 aromatic carbocycles. The van der Waals surface area contributed by atoms with E-state index in [0.29, 0.717) is 17.4 Å². The van der Waals surface area contributed by atoms with Crippen molar-refractivity contribution in [2.75, 3.05) is 7.11 Å². The Morgan fingerprint density at radius 1 is 1.12 bits per heavy atom. The predicted octanol–water partition coefficient (Wildman–Crippen LogP) is 3.96. The van der Waals surface area contributed by atoms with E-state index < -0.39 is 0 Å². The topological polar surface area (TPSA) is 57.0 Å². The lowest BCUT2D eigenvalue weighted by atomic mass is 10.1. The number of para-hydroxylation sites is 1. The van der Waals surface area contributed by atoms with Gasteiger partial charge in [-0.15, -0.1) is 0 Å². The quantitative estimate of drug-likeness (QED) is 0.678. The number of aromatic nitrogens is 3. The van der Waals surface area contributed by atoms with Crippen molar-refractivity contribution in [2.24, 2.45) is 0 Å². The molecule has 0 bridgehead atoms. The van der Waals surface area contributed by atoms with Crippen molar-refractivity contribution in [3.63, 3.8) is 0 Å². The van der Waals surface area contributed by atoms with Crippen molar-refractivity contribution < 1.29 is 9.53 Å². The second-order valence-electron chi connectivity index (χ2n) is 6.97. The zero-order chi connectivity index (χ0) is 17.0. The number of nitrogens with zero attached hydrogens (tertiary/aromatic N) is 3. The average molecular weight is 333 g/mol. The first kappa shape index (κ1) is 14.6. The molecule has 0 N–H and O–H groups in total. The monoisotopic (exact) mass is 333 g/mol. The predicted molar refractivity (Wildman–Crippen MR) is 94.2 cm³/mol. The first-order valence-corrected chi connectivity index (χ1v) is 8.83. The molecule has 0 amide bonds. The number of rotatable bonds is 4. The largest absolute Gasteiger partial charge is 0.465 e. The first-order chi connectivity index (χ1) is 12.3. The first-order valence-electron chi connectivity index (χ1n) is 8.83.